The highest BCUT2D eigenvalue weighted by Crippen LogP contribution is 2.20. The molecule has 0 aliphatic carbocycles. The number of amides is 1. The molecule has 0 spiro atoms. The first-order valence-corrected chi connectivity index (χ1v) is 8.46. The van der Waals surface area contributed by atoms with E-state index in [9.17, 15) is 13.4 Å². The first-order valence-electron chi connectivity index (χ1n) is 6.60. The fourth-order valence-electron chi connectivity index (χ4n) is 1.86. The Hall–Kier alpha value is -1.72. The van der Waals surface area contributed by atoms with E-state index < -0.39 is 16.6 Å². The highest BCUT2D eigenvalue weighted by molar-refractivity contribution is 7.85. The molecule has 0 fully saturated rings. The number of nitrogens with one attached hydrogen (secondary N) is 1. The Bertz CT molecular complexity index is 684. The second-order valence-corrected chi connectivity index (χ2v) is 6.71. The summed E-state index contributed by atoms with van der Waals surface area (Å²) in [6.45, 7) is 1.94. The highest BCUT2D eigenvalue weighted by Gasteiger charge is 2.14. The van der Waals surface area contributed by atoms with E-state index in [1.54, 1.807) is 12.1 Å². The Balaban J connectivity index is 1.94. The number of carbonyl (C=O) groups is 1. The maximum atomic E-state index is 13.6. The van der Waals surface area contributed by atoms with Gasteiger partial charge in [-0.1, -0.05) is 35.4 Å². The molecule has 0 saturated carbocycles. The summed E-state index contributed by atoms with van der Waals surface area (Å²) in [5.41, 5.74) is 1.89. The lowest BCUT2D eigenvalue weighted by Crippen LogP contribution is -2.20. The lowest BCUT2D eigenvalue weighted by molar-refractivity contribution is -0.113. The number of rotatable bonds is 5. The molecule has 1 N–H and O–H groups in total. The van der Waals surface area contributed by atoms with Crippen molar-refractivity contribution >= 4 is 34.0 Å². The molecule has 0 radical (unpaired) electrons. The summed E-state index contributed by atoms with van der Waals surface area (Å²) in [7, 11) is -1.54. The number of carbonyl (C=O) groups excluding carboxylic acids is 1. The molecule has 3 nitrogen and oxygen atoms in total. The molecular formula is C16H15ClFNO2S. The smallest absolute Gasteiger partial charge is 0.237 e. The van der Waals surface area contributed by atoms with Gasteiger partial charge in [0.25, 0.3) is 0 Å². The number of hydrogen-bond donors (Lipinski definition) is 1. The fourth-order valence-corrected chi connectivity index (χ4v) is 3.25. The molecule has 2 aromatic carbocycles. The van der Waals surface area contributed by atoms with E-state index >= 15 is 0 Å². The first-order chi connectivity index (χ1) is 10.5. The predicted molar refractivity (Wildman–Crippen MR) is 87.9 cm³/mol. The molecule has 0 saturated heterocycles. The van der Waals surface area contributed by atoms with Crippen LogP contribution in [0.5, 0.6) is 0 Å². The molecule has 6 heteroatoms. The molecule has 1 unspecified atom stereocenters. The molecule has 1 atom stereocenters. The molecule has 22 heavy (non-hydrogen) atoms. The lowest BCUT2D eigenvalue weighted by Gasteiger charge is -2.07. The SMILES string of the molecule is Cc1ccc(NC(=O)CS(=O)Cc2c(F)cccc2Cl)cc1. The van der Waals surface area contributed by atoms with Gasteiger partial charge in [-0.3, -0.25) is 9.00 Å². The fraction of sp³-hybridized carbons (Fsp3) is 0.188. The van der Waals surface area contributed by atoms with E-state index in [2.05, 4.69) is 5.32 Å². The third kappa shape index (κ3) is 4.64. The average Bonchev–Trinajstić information content (AvgIpc) is 2.45. The van der Waals surface area contributed by atoms with Crippen molar-refractivity contribution in [3.63, 3.8) is 0 Å². The van der Waals surface area contributed by atoms with E-state index in [4.69, 9.17) is 11.6 Å². The summed E-state index contributed by atoms with van der Waals surface area (Å²) in [6, 6.07) is 11.5. The summed E-state index contributed by atoms with van der Waals surface area (Å²) in [5.74, 6) is -1.19. The Kier molecular flexibility index (Phi) is 5.69. The first kappa shape index (κ1) is 16.6. The van der Waals surface area contributed by atoms with Crippen molar-refractivity contribution in [1.82, 2.24) is 0 Å². The van der Waals surface area contributed by atoms with Gasteiger partial charge in [0.15, 0.2) is 0 Å². The molecule has 2 aromatic rings. The van der Waals surface area contributed by atoms with Gasteiger partial charge in [-0.15, -0.1) is 0 Å². The van der Waals surface area contributed by atoms with Crippen molar-refractivity contribution in [2.24, 2.45) is 0 Å². The van der Waals surface area contributed by atoms with E-state index in [1.165, 1.54) is 18.2 Å². The maximum Gasteiger partial charge on any atom is 0.237 e. The summed E-state index contributed by atoms with van der Waals surface area (Å²) in [6.07, 6.45) is 0. The zero-order valence-electron chi connectivity index (χ0n) is 11.9. The largest absolute Gasteiger partial charge is 0.325 e. The van der Waals surface area contributed by atoms with Crippen LogP contribution in [0.4, 0.5) is 10.1 Å². The Morgan fingerprint density at radius 2 is 1.91 bits per heavy atom. The average molecular weight is 340 g/mol. The maximum absolute atomic E-state index is 13.6. The second kappa shape index (κ2) is 7.51. The predicted octanol–water partition coefficient (Wildman–Crippen LogP) is 3.67. The van der Waals surface area contributed by atoms with Crippen molar-refractivity contribution in [3.8, 4) is 0 Å². The number of benzene rings is 2. The van der Waals surface area contributed by atoms with Crippen LogP contribution >= 0.6 is 11.6 Å². The van der Waals surface area contributed by atoms with Crippen molar-refractivity contribution in [3.05, 3.63) is 64.4 Å². The minimum atomic E-state index is -1.54. The van der Waals surface area contributed by atoms with Gasteiger partial charge < -0.3 is 5.32 Å². The molecule has 2 rings (SSSR count). The van der Waals surface area contributed by atoms with Crippen LogP contribution in [0.1, 0.15) is 11.1 Å². The molecule has 0 aliphatic rings. The van der Waals surface area contributed by atoms with Crippen LogP contribution in [0.15, 0.2) is 42.5 Å². The molecule has 1 amide bonds. The number of halogens is 2. The zero-order chi connectivity index (χ0) is 16.1. The normalized spacial score (nSPS) is 12.0. The Morgan fingerprint density at radius 1 is 1.23 bits per heavy atom. The van der Waals surface area contributed by atoms with Crippen molar-refractivity contribution in [2.75, 3.05) is 11.1 Å². The van der Waals surface area contributed by atoms with Crippen LogP contribution < -0.4 is 5.32 Å². The minimum Gasteiger partial charge on any atom is -0.325 e. The zero-order valence-corrected chi connectivity index (χ0v) is 13.5. The Labute approximate surface area is 136 Å². The van der Waals surface area contributed by atoms with Crippen molar-refractivity contribution < 1.29 is 13.4 Å². The van der Waals surface area contributed by atoms with Gasteiger partial charge >= 0.3 is 0 Å². The van der Waals surface area contributed by atoms with Crippen molar-refractivity contribution in [1.29, 1.82) is 0 Å². The molecule has 116 valence electrons. The molecule has 0 aromatic heterocycles. The van der Waals surface area contributed by atoms with Gasteiger partial charge in [0.1, 0.15) is 11.6 Å². The number of aryl methyl sites for hydroxylation is 1. The quantitative estimate of drug-likeness (QED) is 0.903. The van der Waals surface area contributed by atoms with Gasteiger partial charge in [0.05, 0.1) is 5.75 Å². The standard InChI is InChI=1S/C16H15ClFNO2S/c1-11-5-7-12(8-6-11)19-16(20)10-22(21)9-13-14(17)3-2-4-15(13)18/h2-8H,9-10H2,1H3,(H,19,20). The van der Waals surface area contributed by atoms with Gasteiger partial charge in [-0.2, -0.15) is 0 Å². The van der Waals surface area contributed by atoms with E-state index in [-0.39, 0.29) is 28.0 Å². The van der Waals surface area contributed by atoms with Crippen LogP contribution in [0.25, 0.3) is 0 Å². The number of anilines is 1. The summed E-state index contributed by atoms with van der Waals surface area (Å²) < 4.78 is 25.6. The third-order valence-electron chi connectivity index (χ3n) is 2.99. The van der Waals surface area contributed by atoms with Crippen LogP contribution in [0.2, 0.25) is 5.02 Å². The van der Waals surface area contributed by atoms with Gasteiger partial charge in [-0.25, -0.2) is 4.39 Å². The minimum absolute atomic E-state index is 0.0905. The lowest BCUT2D eigenvalue weighted by atomic mass is 10.2. The molecule has 0 heterocycles. The van der Waals surface area contributed by atoms with E-state index in [0.29, 0.717) is 5.69 Å². The van der Waals surface area contributed by atoms with Gasteiger partial charge in [0, 0.05) is 27.1 Å². The third-order valence-corrected chi connectivity index (χ3v) is 4.54. The monoisotopic (exact) mass is 339 g/mol. The molecule has 0 bridgehead atoms. The van der Waals surface area contributed by atoms with Crippen LogP contribution in [-0.2, 0) is 21.3 Å². The highest BCUT2D eigenvalue weighted by atomic mass is 35.5. The van der Waals surface area contributed by atoms with Crippen LogP contribution in [0.3, 0.4) is 0 Å². The van der Waals surface area contributed by atoms with Gasteiger partial charge in [-0.05, 0) is 31.2 Å². The van der Waals surface area contributed by atoms with E-state index in [1.807, 2.05) is 19.1 Å². The molecule has 0 aliphatic heterocycles. The summed E-state index contributed by atoms with van der Waals surface area (Å²) in [4.78, 5) is 11.8. The number of hydrogen-bond acceptors (Lipinski definition) is 2. The second-order valence-electron chi connectivity index (χ2n) is 4.84. The summed E-state index contributed by atoms with van der Waals surface area (Å²) >= 11 is 5.88. The molecular weight excluding hydrogens is 325 g/mol. The topological polar surface area (TPSA) is 46.2 Å². The summed E-state index contributed by atoms with van der Waals surface area (Å²) in [5, 5.41) is 2.87. The van der Waals surface area contributed by atoms with Crippen LogP contribution in [0, 0.1) is 12.7 Å². The van der Waals surface area contributed by atoms with E-state index in [0.717, 1.165) is 5.56 Å². The van der Waals surface area contributed by atoms with Gasteiger partial charge in [0.2, 0.25) is 5.91 Å². The Morgan fingerprint density at radius 3 is 2.55 bits per heavy atom. The van der Waals surface area contributed by atoms with Crippen molar-refractivity contribution in [2.45, 2.75) is 12.7 Å². The van der Waals surface area contributed by atoms with Crippen LogP contribution in [-0.4, -0.2) is 15.9 Å².